The zero-order valence-electron chi connectivity index (χ0n) is 15.0. The first-order valence-electron chi connectivity index (χ1n) is 8.70. The zero-order valence-corrected chi connectivity index (χ0v) is 15.0. The van der Waals surface area contributed by atoms with Crippen LogP contribution in [0, 0.1) is 6.92 Å². The van der Waals surface area contributed by atoms with E-state index in [0.29, 0.717) is 0 Å². The fourth-order valence-electron chi connectivity index (χ4n) is 3.35. The Kier molecular flexibility index (Phi) is 4.63. The molecule has 2 aliphatic heterocycles. The molecule has 0 bridgehead atoms. The predicted molar refractivity (Wildman–Crippen MR) is 95.5 cm³/mol. The number of nitrogens with one attached hydrogen (secondary N) is 1. The average molecular weight is 329 g/mol. The largest absolute Gasteiger partial charge is 0.444 e. The molecule has 0 saturated carbocycles. The maximum Gasteiger partial charge on any atom is 0.410 e. The molecule has 130 valence electrons. The lowest BCUT2D eigenvalue weighted by molar-refractivity contribution is 0.0202. The van der Waals surface area contributed by atoms with Gasteiger partial charge >= 0.3 is 6.09 Å². The molecule has 1 N–H and O–H groups in total. The molecule has 0 spiro atoms. The number of aliphatic imine (C=N–C) groups is 1. The van der Waals surface area contributed by atoms with E-state index >= 15 is 0 Å². The summed E-state index contributed by atoms with van der Waals surface area (Å²) in [7, 11) is 0. The van der Waals surface area contributed by atoms with E-state index in [1.807, 2.05) is 25.7 Å². The number of carbonyl (C=O) groups excluding carboxylic acids is 1. The summed E-state index contributed by atoms with van der Waals surface area (Å²) in [6.07, 6.45) is 1.68. The van der Waals surface area contributed by atoms with Crippen LogP contribution in [0.25, 0.3) is 0 Å². The van der Waals surface area contributed by atoms with Crippen LogP contribution in [0.4, 0.5) is 4.79 Å². The van der Waals surface area contributed by atoms with Crippen molar-refractivity contribution in [2.24, 2.45) is 4.99 Å². The quantitative estimate of drug-likeness (QED) is 0.907. The third kappa shape index (κ3) is 3.78. The minimum atomic E-state index is -0.469. The number of hydrogen-bond donors (Lipinski definition) is 1. The minimum Gasteiger partial charge on any atom is -0.444 e. The molecule has 2 atom stereocenters. The van der Waals surface area contributed by atoms with E-state index < -0.39 is 5.60 Å². The second kappa shape index (κ2) is 6.55. The van der Waals surface area contributed by atoms with Crippen LogP contribution in [0.5, 0.6) is 0 Å². The van der Waals surface area contributed by atoms with Gasteiger partial charge in [-0.1, -0.05) is 29.8 Å². The Morgan fingerprint density at radius 1 is 1.38 bits per heavy atom. The van der Waals surface area contributed by atoms with Gasteiger partial charge in [0.25, 0.3) is 0 Å². The number of ether oxygens (including phenoxy) is 1. The molecule has 5 nitrogen and oxygen atoms in total. The first-order valence-corrected chi connectivity index (χ1v) is 8.70. The van der Waals surface area contributed by atoms with E-state index in [1.54, 1.807) is 0 Å². The Morgan fingerprint density at radius 3 is 2.88 bits per heavy atom. The number of hydrogen-bond acceptors (Lipinski definition) is 4. The molecule has 2 aliphatic rings. The van der Waals surface area contributed by atoms with Gasteiger partial charge in [-0.05, 0) is 46.1 Å². The Labute approximate surface area is 144 Å². The fraction of sp³-hybridized carbons (Fsp3) is 0.579. The molecular weight excluding hydrogens is 302 g/mol. The highest BCUT2D eigenvalue weighted by atomic mass is 16.6. The highest BCUT2D eigenvalue weighted by Crippen LogP contribution is 2.25. The summed E-state index contributed by atoms with van der Waals surface area (Å²) in [5.74, 6) is 0. The number of rotatable bonds is 2. The Balaban J connectivity index is 1.73. The van der Waals surface area contributed by atoms with Crippen LogP contribution in [-0.2, 0) is 4.74 Å². The van der Waals surface area contributed by atoms with E-state index in [4.69, 9.17) is 9.73 Å². The monoisotopic (exact) mass is 329 g/mol. The summed E-state index contributed by atoms with van der Waals surface area (Å²) >= 11 is 0. The molecule has 3 rings (SSSR count). The predicted octanol–water partition coefficient (Wildman–Crippen LogP) is 3.11. The van der Waals surface area contributed by atoms with Gasteiger partial charge in [0.1, 0.15) is 11.8 Å². The zero-order chi connectivity index (χ0) is 17.3. The number of amides is 1. The fourth-order valence-corrected chi connectivity index (χ4v) is 3.35. The molecule has 1 amide bonds. The van der Waals surface area contributed by atoms with E-state index in [0.717, 1.165) is 37.2 Å². The molecule has 1 aromatic carbocycles. The smallest absolute Gasteiger partial charge is 0.410 e. The molecule has 2 unspecified atom stereocenters. The summed E-state index contributed by atoms with van der Waals surface area (Å²) in [4.78, 5) is 19.2. The van der Waals surface area contributed by atoms with Crippen LogP contribution in [0.2, 0.25) is 0 Å². The van der Waals surface area contributed by atoms with Crippen molar-refractivity contribution in [3.8, 4) is 0 Å². The van der Waals surface area contributed by atoms with Gasteiger partial charge in [0.2, 0.25) is 0 Å². The van der Waals surface area contributed by atoms with Gasteiger partial charge in [0, 0.05) is 13.1 Å². The van der Waals surface area contributed by atoms with E-state index in [1.165, 1.54) is 5.56 Å². The van der Waals surface area contributed by atoms with E-state index in [9.17, 15) is 4.79 Å². The lowest BCUT2D eigenvalue weighted by Gasteiger charge is -2.30. The van der Waals surface area contributed by atoms with Gasteiger partial charge in [0.05, 0.1) is 11.8 Å². The molecule has 1 aromatic rings. The topological polar surface area (TPSA) is 53.9 Å². The highest BCUT2D eigenvalue weighted by molar-refractivity contribution is 6.03. The van der Waals surface area contributed by atoms with Crippen molar-refractivity contribution in [1.82, 2.24) is 10.2 Å². The van der Waals surface area contributed by atoms with Crippen molar-refractivity contribution < 1.29 is 9.53 Å². The number of benzene rings is 1. The summed E-state index contributed by atoms with van der Waals surface area (Å²) in [5, 5.41) is 3.46. The Bertz CT molecular complexity index is 648. The molecule has 24 heavy (non-hydrogen) atoms. The summed E-state index contributed by atoms with van der Waals surface area (Å²) < 4.78 is 5.55. The maximum atomic E-state index is 12.5. The van der Waals surface area contributed by atoms with Crippen molar-refractivity contribution in [2.45, 2.75) is 58.3 Å². The standard InChI is InChI=1S/C19H27N3O2/c1-13-7-5-8-14(11-13)15-12-20-17(21-15)16-9-6-10-22(16)18(23)24-19(2,3)4/h5,7-8,11,16-17,20H,6,9-10,12H2,1-4H3. The molecule has 0 radical (unpaired) electrons. The van der Waals surface area contributed by atoms with Crippen LogP contribution >= 0.6 is 0 Å². The van der Waals surface area contributed by atoms with E-state index in [2.05, 4.69) is 36.5 Å². The molecule has 2 heterocycles. The van der Waals surface area contributed by atoms with Crippen molar-refractivity contribution >= 4 is 11.8 Å². The normalized spacial score (nSPS) is 24.2. The van der Waals surface area contributed by atoms with Gasteiger partial charge < -0.3 is 9.64 Å². The molecule has 5 heteroatoms. The van der Waals surface area contributed by atoms with Crippen LogP contribution in [0.15, 0.2) is 29.3 Å². The third-order valence-electron chi connectivity index (χ3n) is 4.42. The van der Waals surface area contributed by atoms with Crippen molar-refractivity contribution in [2.75, 3.05) is 13.1 Å². The summed E-state index contributed by atoms with van der Waals surface area (Å²) in [5.41, 5.74) is 2.99. The summed E-state index contributed by atoms with van der Waals surface area (Å²) in [6, 6.07) is 8.47. The third-order valence-corrected chi connectivity index (χ3v) is 4.42. The van der Waals surface area contributed by atoms with Gasteiger partial charge in [-0.25, -0.2) is 4.79 Å². The van der Waals surface area contributed by atoms with Gasteiger partial charge in [0.15, 0.2) is 0 Å². The first kappa shape index (κ1) is 17.0. The molecule has 1 saturated heterocycles. The second-order valence-corrected chi connectivity index (χ2v) is 7.65. The van der Waals surface area contributed by atoms with Gasteiger partial charge in [-0.3, -0.25) is 10.3 Å². The van der Waals surface area contributed by atoms with Crippen molar-refractivity contribution in [3.05, 3.63) is 35.4 Å². The average Bonchev–Trinajstić information content (AvgIpc) is 3.14. The summed E-state index contributed by atoms with van der Waals surface area (Å²) in [6.45, 7) is 9.28. The van der Waals surface area contributed by atoms with Crippen molar-refractivity contribution in [3.63, 3.8) is 0 Å². The van der Waals surface area contributed by atoms with E-state index in [-0.39, 0.29) is 18.3 Å². The molecule has 1 fully saturated rings. The lowest BCUT2D eigenvalue weighted by Crippen LogP contribution is -2.48. The Hall–Kier alpha value is -1.88. The second-order valence-electron chi connectivity index (χ2n) is 7.65. The number of carbonyl (C=O) groups is 1. The van der Waals surface area contributed by atoms with Crippen LogP contribution in [0.1, 0.15) is 44.7 Å². The molecule has 0 aliphatic carbocycles. The SMILES string of the molecule is Cc1cccc(C2=NC(C3CCCN3C(=O)OC(C)(C)C)NC2)c1. The maximum absolute atomic E-state index is 12.5. The first-order chi connectivity index (χ1) is 11.3. The number of likely N-dealkylation sites (tertiary alicyclic amines) is 1. The number of nitrogens with zero attached hydrogens (tertiary/aromatic N) is 2. The minimum absolute atomic E-state index is 0.0458. The van der Waals surface area contributed by atoms with Crippen LogP contribution in [-0.4, -0.2) is 47.6 Å². The highest BCUT2D eigenvalue weighted by Gasteiger charge is 2.38. The van der Waals surface area contributed by atoms with Crippen molar-refractivity contribution in [1.29, 1.82) is 0 Å². The lowest BCUT2D eigenvalue weighted by atomic mass is 10.1. The van der Waals surface area contributed by atoms with Crippen LogP contribution in [0.3, 0.4) is 0 Å². The Morgan fingerprint density at radius 2 is 2.17 bits per heavy atom. The molecular formula is C19H27N3O2. The van der Waals surface area contributed by atoms with Gasteiger partial charge in [-0.2, -0.15) is 0 Å². The van der Waals surface area contributed by atoms with Crippen LogP contribution < -0.4 is 5.32 Å². The number of aryl methyl sites for hydroxylation is 1. The molecule has 0 aromatic heterocycles. The van der Waals surface area contributed by atoms with Gasteiger partial charge in [-0.15, -0.1) is 0 Å².